The molecule has 7 heteroatoms. The summed E-state index contributed by atoms with van der Waals surface area (Å²) in [5.41, 5.74) is -0.197. The van der Waals surface area contributed by atoms with Crippen LogP contribution in [0.4, 0.5) is 11.5 Å². The van der Waals surface area contributed by atoms with E-state index in [1.165, 1.54) is 18.3 Å². The van der Waals surface area contributed by atoms with Gasteiger partial charge in [0.1, 0.15) is 5.76 Å². The van der Waals surface area contributed by atoms with Gasteiger partial charge in [0.15, 0.2) is 0 Å². The molecule has 0 aromatic carbocycles. The number of nitro groups is 1. The topological polar surface area (TPSA) is 94.1 Å². The van der Waals surface area contributed by atoms with E-state index < -0.39 is 4.92 Å². The number of oxazole rings is 1. The Bertz CT molecular complexity index is 616. The second-order valence-corrected chi connectivity index (χ2v) is 5.35. The molecule has 0 bridgehead atoms. The molecule has 2 aromatic rings. The molecule has 0 aliphatic heterocycles. The first-order valence-corrected chi connectivity index (χ1v) is 6.16. The summed E-state index contributed by atoms with van der Waals surface area (Å²) in [5, 5.41) is 13.7. The molecule has 0 aliphatic carbocycles. The first kappa shape index (κ1) is 14.0. The third-order valence-electron chi connectivity index (χ3n) is 2.68. The highest BCUT2D eigenvalue weighted by Gasteiger charge is 2.20. The van der Waals surface area contributed by atoms with Gasteiger partial charge in [-0.25, -0.2) is 9.97 Å². The Kier molecular flexibility index (Phi) is 3.69. The molecule has 0 saturated carbocycles. The Labute approximate surface area is 116 Å². The van der Waals surface area contributed by atoms with E-state index in [9.17, 15) is 10.1 Å². The predicted octanol–water partition coefficient (Wildman–Crippen LogP) is 2.89. The second kappa shape index (κ2) is 5.28. The van der Waals surface area contributed by atoms with Crippen LogP contribution >= 0.6 is 0 Å². The summed E-state index contributed by atoms with van der Waals surface area (Å²) >= 11 is 0. The molecule has 0 amide bonds. The van der Waals surface area contributed by atoms with Crippen molar-refractivity contribution >= 4 is 11.5 Å². The Morgan fingerprint density at radius 1 is 1.40 bits per heavy atom. The highest BCUT2D eigenvalue weighted by Crippen LogP contribution is 2.24. The summed E-state index contributed by atoms with van der Waals surface area (Å²) < 4.78 is 5.60. The highest BCUT2D eigenvalue weighted by atomic mass is 16.6. The molecule has 1 N–H and O–H groups in total. The van der Waals surface area contributed by atoms with E-state index in [1.807, 2.05) is 20.8 Å². The lowest BCUT2D eigenvalue weighted by Gasteiger charge is -2.13. The van der Waals surface area contributed by atoms with Crippen LogP contribution in [0, 0.1) is 10.1 Å². The van der Waals surface area contributed by atoms with E-state index in [0.29, 0.717) is 5.89 Å². The lowest BCUT2D eigenvalue weighted by atomic mass is 9.94. The van der Waals surface area contributed by atoms with Gasteiger partial charge >= 0.3 is 5.69 Å². The third kappa shape index (κ3) is 3.11. The van der Waals surface area contributed by atoms with Gasteiger partial charge in [-0.3, -0.25) is 10.1 Å². The molecule has 0 spiro atoms. The number of anilines is 1. The van der Waals surface area contributed by atoms with Crippen LogP contribution in [0.5, 0.6) is 0 Å². The van der Waals surface area contributed by atoms with Gasteiger partial charge in [0.05, 0.1) is 17.7 Å². The molecular formula is C13H16N4O3. The molecule has 0 atom stereocenters. The van der Waals surface area contributed by atoms with Crippen LogP contribution in [0.15, 0.2) is 28.9 Å². The largest absolute Gasteiger partial charge is 0.443 e. The number of rotatable bonds is 4. The number of hydrogen-bond donors (Lipinski definition) is 1. The third-order valence-corrected chi connectivity index (χ3v) is 2.68. The van der Waals surface area contributed by atoms with Gasteiger partial charge < -0.3 is 9.73 Å². The van der Waals surface area contributed by atoms with Crippen LogP contribution in [0.1, 0.15) is 32.4 Å². The van der Waals surface area contributed by atoms with E-state index in [4.69, 9.17) is 4.42 Å². The van der Waals surface area contributed by atoms with Gasteiger partial charge in [-0.1, -0.05) is 20.8 Å². The van der Waals surface area contributed by atoms with E-state index in [1.54, 1.807) is 6.20 Å². The quantitative estimate of drug-likeness (QED) is 0.681. The number of hydrogen-bond acceptors (Lipinski definition) is 6. The van der Waals surface area contributed by atoms with Crippen molar-refractivity contribution in [3.63, 3.8) is 0 Å². The molecule has 0 saturated heterocycles. The van der Waals surface area contributed by atoms with Crippen molar-refractivity contribution in [3.05, 3.63) is 46.3 Å². The van der Waals surface area contributed by atoms with Crippen molar-refractivity contribution in [2.45, 2.75) is 32.7 Å². The van der Waals surface area contributed by atoms with Crippen LogP contribution < -0.4 is 5.32 Å². The molecule has 0 aliphatic rings. The zero-order valence-corrected chi connectivity index (χ0v) is 11.6. The Balaban J connectivity index is 2.10. The molecular weight excluding hydrogens is 260 g/mol. The second-order valence-electron chi connectivity index (χ2n) is 5.35. The van der Waals surface area contributed by atoms with Crippen molar-refractivity contribution in [1.82, 2.24) is 9.97 Å². The van der Waals surface area contributed by atoms with Crippen LogP contribution in [0.2, 0.25) is 0 Å². The summed E-state index contributed by atoms with van der Waals surface area (Å²) in [4.78, 5) is 18.5. The SMILES string of the molecule is CC(C)(C)c1cnc(CNc2ncccc2[N+](=O)[O-])o1. The maximum atomic E-state index is 10.9. The summed E-state index contributed by atoms with van der Waals surface area (Å²) in [5.74, 6) is 1.44. The van der Waals surface area contributed by atoms with Gasteiger partial charge in [-0.2, -0.15) is 0 Å². The van der Waals surface area contributed by atoms with Crippen molar-refractivity contribution in [1.29, 1.82) is 0 Å². The minimum Gasteiger partial charge on any atom is -0.443 e. The highest BCUT2D eigenvalue weighted by molar-refractivity contribution is 5.54. The number of nitrogens with one attached hydrogen (secondary N) is 1. The van der Waals surface area contributed by atoms with Crippen molar-refractivity contribution in [2.75, 3.05) is 5.32 Å². The van der Waals surface area contributed by atoms with Crippen molar-refractivity contribution in [2.24, 2.45) is 0 Å². The number of aromatic nitrogens is 2. The zero-order chi connectivity index (χ0) is 14.8. The van der Waals surface area contributed by atoms with Crippen molar-refractivity contribution in [3.8, 4) is 0 Å². The van der Waals surface area contributed by atoms with Gasteiger partial charge in [-0.05, 0) is 6.07 Å². The van der Waals surface area contributed by atoms with Crippen LogP contribution in [0.25, 0.3) is 0 Å². The van der Waals surface area contributed by atoms with Gasteiger partial charge in [0.25, 0.3) is 0 Å². The molecule has 20 heavy (non-hydrogen) atoms. The average Bonchev–Trinajstić information content (AvgIpc) is 2.85. The molecule has 2 aromatic heterocycles. The number of pyridine rings is 1. The van der Waals surface area contributed by atoms with E-state index in [2.05, 4.69) is 15.3 Å². The Hall–Kier alpha value is -2.44. The van der Waals surface area contributed by atoms with Crippen LogP contribution in [-0.4, -0.2) is 14.9 Å². The summed E-state index contributed by atoms with van der Waals surface area (Å²) in [6, 6.07) is 2.91. The van der Waals surface area contributed by atoms with Gasteiger partial charge in [0, 0.05) is 17.7 Å². The Morgan fingerprint density at radius 3 is 2.75 bits per heavy atom. The lowest BCUT2D eigenvalue weighted by molar-refractivity contribution is -0.384. The summed E-state index contributed by atoms with van der Waals surface area (Å²) in [6.07, 6.45) is 3.16. The first-order chi connectivity index (χ1) is 9.38. The molecule has 2 heterocycles. The zero-order valence-electron chi connectivity index (χ0n) is 11.6. The normalized spacial score (nSPS) is 11.3. The molecule has 0 radical (unpaired) electrons. The monoisotopic (exact) mass is 276 g/mol. The summed E-state index contributed by atoms with van der Waals surface area (Å²) in [6.45, 7) is 6.31. The number of nitrogens with zero attached hydrogens (tertiary/aromatic N) is 3. The fraction of sp³-hybridized carbons (Fsp3) is 0.385. The fourth-order valence-corrected chi connectivity index (χ4v) is 1.58. The van der Waals surface area contributed by atoms with Crippen LogP contribution in [0.3, 0.4) is 0 Å². The molecule has 106 valence electrons. The predicted molar refractivity (Wildman–Crippen MR) is 73.4 cm³/mol. The average molecular weight is 276 g/mol. The minimum absolute atomic E-state index is 0.0740. The Morgan fingerprint density at radius 2 is 2.15 bits per heavy atom. The van der Waals surface area contributed by atoms with Crippen molar-refractivity contribution < 1.29 is 9.34 Å². The lowest BCUT2D eigenvalue weighted by Crippen LogP contribution is -2.09. The molecule has 7 nitrogen and oxygen atoms in total. The fourth-order valence-electron chi connectivity index (χ4n) is 1.58. The smallest absolute Gasteiger partial charge is 0.311 e. The molecule has 0 unspecified atom stereocenters. The van der Waals surface area contributed by atoms with E-state index in [0.717, 1.165) is 5.76 Å². The minimum atomic E-state index is -0.481. The maximum Gasteiger partial charge on any atom is 0.311 e. The maximum absolute atomic E-state index is 10.9. The standard InChI is InChI=1S/C13H16N4O3/c1-13(2,3)10-7-15-11(20-10)8-16-12-9(17(18)19)5-4-6-14-12/h4-7H,8H2,1-3H3,(H,14,16). The van der Waals surface area contributed by atoms with Crippen LogP contribution in [-0.2, 0) is 12.0 Å². The molecule has 0 fully saturated rings. The van der Waals surface area contributed by atoms with E-state index in [-0.39, 0.29) is 23.5 Å². The first-order valence-electron chi connectivity index (χ1n) is 6.16. The summed E-state index contributed by atoms with van der Waals surface area (Å²) in [7, 11) is 0. The molecule has 2 rings (SSSR count). The van der Waals surface area contributed by atoms with Gasteiger partial charge in [-0.15, -0.1) is 0 Å². The van der Waals surface area contributed by atoms with Gasteiger partial charge in [0.2, 0.25) is 11.7 Å². The van der Waals surface area contributed by atoms with E-state index >= 15 is 0 Å².